The minimum Gasteiger partial charge on any atom is -0.299 e. The SMILES string of the molecule is CCCN(CC1C[C@H]2CC[C@@H](C1)N2Cc1ccccc1)C1Cc2ccccc2C1. The molecule has 5 rings (SSSR count). The zero-order valence-corrected chi connectivity index (χ0v) is 18.0. The maximum Gasteiger partial charge on any atom is 0.0239 e. The van der Waals surface area contributed by atoms with Gasteiger partial charge in [-0.25, -0.2) is 0 Å². The summed E-state index contributed by atoms with van der Waals surface area (Å²) in [6.45, 7) is 6.08. The molecule has 0 N–H and O–H groups in total. The first-order valence-corrected chi connectivity index (χ1v) is 11.9. The maximum absolute atomic E-state index is 2.86. The van der Waals surface area contributed by atoms with Gasteiger partial charge in [0.2, 0.25) is 0 Å². The van der Waals surface area contributed by atoms with Crippen molar-refractivity contribution in [2.24, 2.45) is 5.92 Å². The van der Waals surface area contributed by atoms with Crippen molar-refractivity contribution in [3.05, 3.63) is 71.3 Å². The first kappa shape index (κ1) is 19.3. The molecule has 1 aliphatic carbocycles. The summed E-state index contributed by atoms with van der Waals surface area (Å²) in [7, 11) is 0. The molecule has 2 bridgehead atoms. The van der Waals surface area contributed by atoms with Gasteiger partial charge < -0.3 is 0 Å². The number of fused-ring (bicyclic) bond motifs is 3. The molecule has 2 heteroatoms. The summed E-state index contributed by atoms with van der Waals surface area (Å²) in [5, 5.41) is 0. The van der Waals surface area contributed by atoms with Gasteiger partial charge in [0.05, 0.1) is 0 Å². The van der Waals surface area contributed by atoms with Crippen molar-refractivity contribution in [1.82, 2.24) is 9.80 Å². The van der Waals surface area contributed by atoms with Crippen LogP contribution < -0.4 is 0 Å². The summed E-state index contributed by atoms with van der Waals surface area (Å²) in [6, 6.07) is 22.6. The number of nitrogens with zero attached hydrogens (tertiary/aromatic N) is 2. The number of hydrogen-bond donors (Lipinski definition) is 0. The van der Waals surface area contributed by atoms with E-state index in [1.165, 1.54) is 63.6 Å². The van der Waals surface area contributed by atoms with Gasteiger partial charge in [0, 0.05) is 31.2 Å². The maximum atomic E-state index is 2.86. The molecule has 29 heavy (non-hydrogen) atoms. The van der Waals surface area contributed by atoms with Crippen molar-refractivity contribution in [2.45, 2.75) is 76.5 Å². The smallest absolute Gasteiger partial charge is 0.0239 e. The second kappa shape index (κ2) is 8.62. The minimum atomic E-state index is 0.729. The van der Waals surface area contributed by atoms with Gasteiger partial charge in [0.25, 0.3) is 0 Å². The molecular weight excluding hydrogens is 352 g/mol. The minimum absolute atomic E-state index is 0.729. The van der Waals surface area contributed by atoms with Crippen LogP contribution in [0.1, 0.15) is 55.7 Å². The molecule has 2 aromatic carbocycles. The molecule has 2 nitrogen and oxygen atoms in total. The fourth-order valence-corrected chi connectivity index (χ4v) is 6.42. The summed E-state index contributed by atoms with van der Waals surface area (Å²) >= 11 is 0. The van der Waals surface area contributed by atoms with Gasteiger partial charge in [-0.3, -0.25) is 9.80 Å². The van der Waals surface area contributed by atoms with Crippen LogP contribution in [-0.4, -0.2) is 41.0 Å². The normalized spacial score (nSPS) is 26.9. The van der Waals surface area contributed by atoms with Crippen LogP contribution in [0.4, 0.5) is 0 Å². The van der Waals surface area contributed by atoms with Gasteiger partial charge in [-0.1, -0.05) is 61.5 Å². The highest BCUT2D eigenvalue weighted by atomic mass is 15.2. The van der Waals surface area contributed by atoms with E-state index in [0.29, 0.717) is 0 Å². The Morgan fingerprint density at radius 3 is 2.10 bits per heavy atom. The van der Waals surface area contributed by atoms with Crippen molar-refractivity contribution in [1.29, 1.82) is 0 Å². The second-order valence-corrected chi connectivity index (χ2v) is 9.71. The van der Waals surface area contributed by atoms with Crippen LogP contribution in [0.15, 0.2) is 54.6 Å². The summed E-state index contributed by atoms with van der Waals surface area (Å²) in [4.78, 5) is 5.69. The Bertz CT molecular complexity index is 762. The Hall–Kier alpha value is -1.64. The van der Waals surface area contributed by atoms with Gasteiger partial charge >= 0.3 is 0 Å². The standard InChI is InChI=1S/C27H36N2/c1-2-14-28(27-17-23-10-6-7-11-24(23)18-27)19-22-15-25-12-13-26(16-22)29(25)20-21-8-4-3-5-9-21/h3-11,22,25-27H,2,12-20H2,1H3/t22?,25-,26+. The summed E-state index contributed by atoms with van der Waals surface area (Å²) in [6.07, 6.45) is 9.43. The van der Waals surface area contributed by atoms with E-state index in [9.17, 15) is 0 Å². The Balaban J connectivity index is 1.22. The molecule has 2 aliphatic heterocycles. The van der Waals surface area contributed by atoms with E-state index in [-0.39, 0.29) is 0 Å². The predicted molar refractivity (Wildman–Crippen MR) is 121 cm³/mol. The number of piperidine rings is 1. The van der Waals surface area contributed by atoms with E-state index in [0.717, 1.165) is 30.6 Å². The quantitative estimate of drug-likeness (QED) is 0.634. The first-order chi connectivity index (χ1) is 14.3. The third kappa shape index (κ3) is 4.15. The lowest BCUT2D eigenvalue weighted by Gasteiger charge is -2.41. The van der Waals surface area contributed by atoms with Crippen LogP contribution in [0.3, 0.4) is 0 Å². The molecule has 0 amide bonds. The van der Waals surface area contributed by atoms with Crippen LogP contribution in [0.2, 0.25) is 0 Å². The van der Waals surface area contributed by atoms with Crippen molar-refractivity contribution < 1.29 is 0 Å². The van der Waals surface area contributed by atoms with E-state index in [1.807, 2.05) is 0 Å². The highest BCUT2D eigenvalue weighted by Gasteiger charge is 2.41. The molecule has 3 atom stereocenters. The van der Waals surface area contributed by atoms with Crippen molar-refractivity contribution in [3.63, 3.8) is 0 Å². The van der Waals surface area contributed by atoms with E-state index >= 15 is 0 Å². The summed E-state index contributed by atoms with van der Waals surface area (Å²) in [5.41, 5.74) is 4.67. The molecular formula is C27H36N2. The Labute approximate surface area is 176 Å². The highest BCUT2D eigenvalue weighted by Crippen LogP contribution is 2.40. The van der Waals surface area contributed by atoms with Gasteiger partial charge in [0.15, 0.2) is 0 Å². The largest absolute Gasteiger partial charge is 0.299 e. The molecule has 2 fully saturated rings. The fraction of sp³-hybridized carbons (Fsp3) is 0.556. The Morgan fingerprint density at radius 1 is 0.862 bits per heavy atom. The molecule has 2 heterocycles. The molecule has 0 radical (unpaired) electrons. The highest BCUT2D eigenvalue weighted by molar-refractivity contribution is 5.33. The van der Waals surface area contributed by atoms with Crippen LogP contribution in [0.5, 0.6) is 0 Å². The topological polar surface area (TPSA) is 6.48 Å². The van der Waals surface area contributed by atoms with Crippen molar-refractivity contribution in [3.8, 4) is 0 Å². The van der Waals surface area contributed by atoms with E-state index in [2.05, 4.69) is 71.3 Å². The zero-order valence-electron chi connectivity index (χ0n) is 18.0. The third-order valence-electron chi connectivity index (χ3n) is 7.74. The predicted octanol–water partition coefficient (Wildman–Crippen LogP) is 5.31. The number of hydrogen-bond acceptors (Lipinski definition) is 2. The molecule has 0 aromatic heterocycles. The van der Waals surface area contributed by atoms with Gasteiger partial charge in [0.1, 0.15) is 0 Å². The van der Waals surface area contributed by atoms with Crippen LogP contribution in [0.25, 0.3) is 0 Å². The molecule has 2 saturated heterocycles. The monoisotopic (exact) mass is 388 g/mol. The average molecular weight is 389 g/mol. The van der Waals surface area contributed by atoms with Crippen LogP contribution in [0, 0.1) is 5.92 Å². The zero-order chi connectivity index (χ0) is 19.6. The summed E-state index contributed by atoms with van der Waals surface area (Å²) < 4.78 is 0. The van der Waals surface area contributed by atoms with E-state index in [1.54, 1.807) is 11.1 Å². The number of benzene rings is 2. The Kier molecular flexibility index (Phi) is 5.74. The second-order valence-electron chi connectivity index (χ2n) is 9.71. The average Bonchev–Trinajstić information content (AvgIpc) is 3.27. The van der Waals surface area contributed by atoms with Gasteiger partial charge in [-0.15, -0.1) is 0 Å². The summed E-state index contributed by atoms with van der Waals surface area (Å²) in [5.74, 6) is 0.884. The third-order valence-corrected chi connectivity index (χ3v) is 7.74. The lowest BCUT2D eigenvalue weighted by molar-refractivity contribution is 0.0670. The van der Waals surface area contributed by atoms with Crippen molar-refractivity contribution >= 4 is 0 Å². The lowest BCUT2D eigenvalue weighted by Crippen LogP contribution is -2.47. The molecule has 0 saturated carbocycles. The number of rotatable bonds is 7. The van der Waals surface area contributed by atoms with Crippen LogP contribution in [-0.2, 0) is 19.4 Å². The molecule has 3 aliphatic rings. The van der Waals surface area contributed by atoms with Crippen molar-refractivity contribution in [2.75, 3.05) is 13.1 Å². The lowest BCUT2D eigenvalue weighted by atomic mass is 9.89. The molecule has 1 unspecified atom stereocenters. The van der Waals surface area contributed by atoms with Gasteiger partial charge in [-0.2, -0.15) is 0 Å². The molecule has 0 spiro atoms. The molecule has 2 aromatic rings. The first-order valence-electron chi connectivity index (χ1n) is 11.9. The van der Waals surface area contributed by atoms with E-state index in [4.69, 9.17) is 0 Å². The van der Waals surface area contributed by atoms with Crippen LogP contribution >= 0.6 is 0 Å². The Morgan fingerprint density at radius 2 is 1.48 bits per heavy atom. The van der Waals surface area contributed by atoms with Gasteiger partial charge in [-0.05, 0) is 74.1 Å². The van der Waals surface area contributed by atoms with E-state index < -0.39 is 0 Å². The fourth-order valence-electron chi connectivity index (χ4n) is 6.42. The molecule has 154 valence electrons.